The van der Waals surface area contributed by atoms with Gasteiger partial charge in [0.05, 0.1) is 11.8 Å². The van der Waals surface area contributed by atoms with E-state index in [0.29, 0.717) is 11.6 Å². The molecule has 1 saturated carbocycles. The minimum Gasteiger partial charge on any atom is -0.346 e. The molecule has 122 valence electrons. The van der Waals surface area contributed by atoms with Crippen molar-refractivity contribution >= 4 is 11.9 Å². The van der Waals surface area contributed by atoms with Gasteiger partial charge < -0.3 is 4.57 Å². The van der Waals surface area contributed by atoms with Gasteiger partial charge in [-0.15, -0.1) is 0 Å². The molecule has 3 rings (SSSR count). The van der Waals surface area contributed by atoms with E-state index < -0.39 is 0 Å². The summed E-state index contributed by atoms with van der Waals surface area (Å²) in [7, 11) is 1.82. The number of carbonyl (C=O) groups is 1. The second kappa shape index (κ2) is 6.57. The van der Waals surface area contributed by atoms with Crippen LogP contribution in [0.2, 0.25) is 0 Å². The number of ketones is 1. The van der Waals surface area contributed by atoms with Gasteiger partial charge in [-0.05, 0) is 50.5 Å². The van der Waals surface area contributed by atoms with Gasteiger partial charge in [-0.1, -0.05) is 19.3 Å². The Bertz CT molecular complexity index is 730. The van der Waals surface area contributed by atoms with Crippen LogP contribution in [0.25, 0.3) is 6.08 Å². The molecule has 0 spiro atoms. The van der Waals surface area contributed by atoms with Crippen LogP contribution in [0.3, 0.4) is 0 Å². The largest absolute Gasteiger partial charge is 0.346 e. The van der Waals surface area contributed by atoms with Gasteiger partial charge in [0, 0.05) is 30.7 Å². The maximum absolute atomic E-state index is 12.2. The Labute approximate surface area is 137 Å². The molecule has 23 heavy (non-hydrogen) atoms. The molecule has 0 amide bonds. The zero-order chi connectivity index (χ0) is 16.4. The van der Waals surface area contributed by atoms with E-state index >= 15 is 0 Å². The fourth-order valence-electron chi connectivity index (χ4n) is 3.68. The molecule has 1 fully saturated rings. The third-order valence-corrected chi connectivity index (χ3v) is 4.87. The van der Waals surface area contributed by atoms with Crippen LogP contribution in [0.5, 0.6) is 0 Å². The first-order chi connectivity index (χ1) is 11.1. The Balaban J connectivity index is 1.80. The number of allylic oxidation sites excluding steroid dienone is 1. The number of hydrogen-bond donors (Lipinski definition) is 0. The normalized spacial score (nSPS) is 16.3. The van der Waals surface area contributed by atoms with Gasteiger partial charge in [-0.3, -0.25) is 9.48 Å². The van der Waals surface area contributed by atoms with Gasteiger partial charge in [-0.2, -0.15) is 5.10 Å². The van der Waals surface area contributed by atoms with Crippen molar-refractivity contribution in [1.82, 2.24) is 14.3 Å². The molecular formula is C19H25N3O. The molecule has 0 saturated heterocycles. The van der Waals surface area contributed by atoms with E-state index in [-0.39, 0.29) is 5.78 Å². The van der Waals surface area contributed by atoms with Gasteiger partial charge >= 0.3 is 0 Å². The molecular weight excluding hydrogens is 286 g/mol. The molecule has 4 nitrogen and oxygen atoms in total. The molecule has 0 aliphatic heterocycles. The van der Waals surface area contributed by atoms with Crippen LogP contribution in [0.4, 0.5) is 0 Å². The first-order valence-corrected chi connectivity index (χ1v) is 8.46. The van der Waals surface area contributed by atoms with Crippen molar-refractivity contribution in [3.05, 3.63) is 47.1 Å². The number of nitrogens with zero attached hydrogens (tertiary/aromatic N) is 3. The lowest BCUT2D eigenvalue weighted by Gasteiger charge is -2.26. The van der Waals surface area contributed by atoms with E-state index in [1.165, 1.54) is 43.5 Å². The highest BCUT2D eigenvalue weighted by Gasteiger charge is 2.19. The molecule has 1 aliphatic rings. The standard InChI is InChI=1S/C19H25N3O/c1-14-11-16(9-10-19(23)17-12-20-21(3)13-17)15(2)22(14)18-7-5-4-6-8-18/h9-13,18H,4-8H2,1-3H3. The first kappa shape index (κ1) is 15.8. The minimum atomic E-state index is 0.000527. The van der Waals surface area contributed by atoms with Gasteiger partial charge in [0.25, 0.3) is 0 Å². The molecule has 0 unspecified atom stereocenters. The lowest BCUT2D eigenvalue weighted by Crippen LogP contribution is -2.15. The smallest absolute Gasteiger partial charge is 0.189 e. The van der Waals surface area contributed by atoms with E-state index in [4.69, 9.17) is 0 Å². The number of rotatable bonds is 4. The van der Waals surface area contributed by atoms with Gasteiger partial charge in [0.15, 0.2) is 5.78 Å². The van der Waals surface area contributed by atoms with Crippen molar-refractivity contribution in [1.29, 1.82) is 0 Å². The van der Waals surface area contributed by atoms with Crippen molar-refractivity contribution in [2.45, 2.75) is 52.0 Å². The molecule has 2 aromatic rings. The number of carbonyl (C=O) groups excluding carboxylic acids is 1. The molecule has 0 aromatic carbocycles. The van der Waals surface area contributed by atoms with E-state index in [1.807, 2.05) is 13.1 Å². The fraction of sp³-hybridized carbons (Fsp3) is 0.474. The average Bonchev–Trinajstić information content (AvgIpc) is 3.09. The second-order valence-electron chi connectivity index (χ2n) is 6.59. The van der Waals surface area contributed by atoms with Crippen molar-refractivity contribution in [3.8, 4) is 0 Å². The maximum atomic E-state index is 12.2. The monoisotopic (exact) mass is 311 g/mol. The van der Waals surface area contributed by atoms with Crippen molar-refractivity contribution in [2.24, 2.45) is 7.05 Å². The van der Waals surface area contributed by atoms with Crippen LogP contribution in [0.1, 0.15) is 65.5 Å². The summed E-state index contributed by atoms with van der Waals surface area (Å²) in [6, 6.07) is 2.82. The quantitative estimate of drug-likeness (QED) is 0.626. The number of aryl methyl sites for hydroxylation is 2. The van der Waals surface area contributed by atoms with Crippen LogP contribution >= 0.6 is 0 Å². The third-order valence-electron chi connectivity index (χ3n) is 4.87. The molecule has 0 radical (unpaired) electrons. The van der Waals surface area contributed by atoms with Crippen molar-refractivity contribution < 1.29 is 4.79 Å². The first-order valence-electron chi connectivity index (χ1n) is 8.46. The highest BCUT2D eigenvalue weighted by Crippen LogP contribution is 2.32. The lowest BCUT2D eigenvalue weighted by molar-refractivity contribution is 0.104. The van der Waals surface area contributed by atoms with Crippen LogP contribution in [-0.2, 0) is 7.05 Å². The zero-order valence-corrected chi connectivity index (χ0v) is 14.2. The molecule has 1 aliphatic carbocycles. The summed E-state index contributed by atoms with van der Waals surface area (Å²) >= 11 is 0. The molecule has 0 N–H and O–H groups in total. The lowest BCUT2D eigenvalue weighted by atomic mass is 9.95. The molecule has 0 atom stereocenters. The highest BCUT2D eigenvalue weighted by atomic mass is 16.1. The van der Waals surface area contributed by atoms with E-state index in [0.717, 1.165) is 5.56 Å². The van der Waals surface area contributed by atoms with Crippen molar-refractivity contribution in [3.63, 3.8) is 0 Å². The zero-order valence-electron chi connectivity index (χ0n) is 14.2. The fourth-order valence-corrected chi connectivity index (χ4v) is 3.68. The van der Waals surface area contributed by atoms with E-state index in [1.54, 1.807) is 23.2 Å². The summed E-state index contributed by atoms with van der Waals surface area (Å²) in [5.41, 5.74) is 4.34. The Morgan fingerprint density at radius 2 is 2.00 bits per heavy atom. The second-order valence-corrected chi connectivity index (χ2v) is 6.59. The van der Waals surface area contributed by atoms with Gasteiger partial charge in [0.2, 0.25) is 0 Å². The topological polar surface area (TPSA) is 39.8 Å². The minimum absolute atomic E-state index is 0.000527. The summed E-state index contributed by atoms with van der Waals surface area (Å²) in [6.45, 7) is 4.33. The average molecular weight is 311 g/mol. The SMILES string of the molecule is Cc1cc(C=CC(=O)c2cnn(C)c2)c(C)n1C1CCCCC1. The maximum Gasteiger partial charge on any atom is 0.189 e. The summed E-state index contributed by atoms with van der Waals surface area (Å²) in [5.74, 6) is 0.000527. The summed E-state index contributed by atoms with van der Waals surface area (Å²) < 4.78 is 4.11. The van der Waals surface area contributed by atoms with Gasteiger partial charge in [-0.25, -0.2) is 0 Å². The summed E-state index contributed by atoms with van der Waals surface area (Å²) in [5, 5.41) is 4.05. The Hall–Kier alpha value is -2.10. The van der Waals surface area contributed by atoms with E-state index in [2.05, 4.69) is 29.6 Å². The van der Waals surface area contributed by atoms with Crippen LogP contribution < -0.4 is 0 Å². The molecule has 2 heterocycles. The summed E-state index contributed by atoms with van der Waals surface area (Å²) in [4.78, 5) is 12.2. The Kier molecular flexibility index (Phi) is 4.51. The predicted octanol–water partition coefficient (Wildman–Crippen LogP) is 4.24. The Morgan fingerprint density at radius 3 is 2.65 bits per heavy atom. The van der Waals surface area contributed by atoms with Gasteiger partial charge in [0.1, 0.15) is 0 Å². The highest BCUT2D eigenvalue weighted by molar-refractivity contribution is 6.06. The molecule has 2 aromatic heterocycles. The van der Waals surface area contributed by atoms with Crippen LogP contribution in [-0.4, -0.2) is 20.1 Å². The number of aromatic nitrogens is 3. The Morgan fingerprint density at radius 1 is 1.26 bits per heavy atom. The molecule has 0 bridgehead atoms. The summed E-state index contributed by atoms with van der Waals surface area (Å²) in [6.07, 6.45) is 13.5. The third kappa shape index (κ3) is 3.31. The number of hydrogen-bond acceptors (Lipinski definition) is 2. The molecule has 4 heteroatoms. The predicted molar refractivity (Wildman–Crippen MR) is 92.6 cm³/mol. The van der Waals surface area contributed by atoms with Crippen molar-refractivity contribution in [2.75, 3.05) is 0 Å². The van der Waals surface area contributed by atoms with E-state index in [9.17, 15) is 4.79 Å². The van der Waals surface area contributed by atoms with Crippen LogP contribution in [0, 0.1) is 13.8 Å². The van der Waals surface area contributed by atoms with Crippen LogP contribution in [0.15, 0.2) is 24.5 Å².